The SMILES string of the molecule is O=C(O)c1ccc(-c2cc(-c3ccc(C(=O)O)cn3)cc(-c3ccc(C(=O)O)cn3)c2)nc1. The molecule has 3 aromatic heterocycles. The molecule has 0 radical (unpaired) electrons. The minimum Gasteiger partial charge on any atom is -0.478 e. The van der Waals surface area contributed by atoms with Crippen LogP contribution in [0, 0.1) is 0 Å². The van der Waals surface area contributed by atoms with Gasteiger partial charge in [0.1, 0.15) is 0 Å². The molecule has 162 valence electrons. The normalized spacial score (nSPS) is 10.5. The maximum atomic E-state index is 11.1. The van der Waals surface area contributed by atoms with Gasteiger partial charge in [0.05, 0.1) is 33.8 Å². The van der Waals surface area contributed by atoms with Gasteiger partial charge in [0.2, 0.25) is 0 Å². The Morgan fingerprint density at radius 3 is 0.939 bits per heavy atom. The van der Waals surface area contributed by atoms with Crippen LogP contribution in [-0.4, -0.2) is 48.2 Å². The Bertz CT molecular complexity index is 1180. The van der Waals surface area contributed by atoms with Gasteiger partial charge in [-0.1, -0.05) is 0 Å². The van der Waals surface area contributed by atoms with Crippen molar-refractivity contribution < 1.29 is 29.7 Å². The number of hydrogen-bond acceptors (Lipinski definition) is 6. The second-order valence-electron chi connectivity index (χ2n) is 7.01. The third kappa shape index (κ3) is 4.57. The summed E-state index contributed by atoms with van der Waals surface area (Å²) in [5.41, 5.74) is 3.60. The van der Waals surface area contributed by atoms with Gasteiger partial charge >= 0.3 is 17.9 Å². The van der Waals surface area contributed by atoms with Crippen LogP contribution in [0.25, 0.3) is 33.8 Å². The average molecular weight is 441 g/mol. The Morgan fingerprint density at radius 2 is 0.758 bits per heavy atom. The minimum atomic E-state index is -1.09. The first-order valence-corrected chi connectivity index (χ1v) is 9.56. The second-order valence-corrected chi connectivity index (χ2v) is 7.01. The van der Waals surface area contributed by atoms with Crippen LogP contribution in [-0.2, 0) is 0 Å². The van der Waals surface area contributed by atoms with Crippen molar-refractivity contribution in [2.75, 3.05) is 0 Å². The van der Waals surface area contributed by atoms with Crippen LogP contribution in [0.4, 0.5) is 0 Å². The highest BCUT2D eigenvalue weighted by Crippen LogP contribution is 2.31. The van der Waals surface area contributed by atoms with E-state index in [2.05, 4.69) is 15.0 Å². The monoisotopic (exact) mass is 441 g/mol. The van der Waals surface area contributed by atoms with Crippen molar-refractivity contribution in [3.63, 3.8) is 0 Å². The van der Waals surface area contributed by atoms with Crippen molar-refractivity contribution in [1.82, 2.24) is 15.0 Å². The molecule has 1 aromatic carbocycles. The number of carboxylic acids is 3. The Labute approximate surface area is 186 Å². The highest BCUT2D eigenvalue weighted by atomic mass is 16.4. The lowest BCUT2D eigenvalue weighted by Crippen LogP contribution is -1.99. The first-order valence-electron chi connectivity index (χ1n) is 9.56. The maximum Gasteiger partial charge on any atom is 0.337 e. The zero-order valence-electron chi connectivity index (χ0n) is 16.8. The van der Waals surface area contributed by atoms with Crippen molar-refractivity contribution in [3.8, 4) is 33.8 Å². The van der Waals surface area contributed by atoms with Gasteiger partial charge in [0.15, 0.2) is 0 Å². The molecule has 0 bridgehead atoms. The number of carboxylic acid groups (broad SMARTS) is 3. The number of pyridine rings is 3. The molecule has 4 rings (SSSR count). The Morgan fingerprint density at radius 1 is 0.485 bits per heavy atom. The molecule has 0 amide bonds. The summed E-state index contributed by atoms with van der Waals surface area (Å²) in [6.45, 7) is 0. The van der Waals surface area contributed by atoms with E-state index < -0.39 is 17.9 Å². The number of carbonyl (C=O) groups is 3. The first kappa shape index (κ1) is 21.3. The van der Waals surface area contributed by atoms with Crippen molar-refractivity contribution in [3.05, 3.63) is 89.9 Å². The number of aromatic nitrogens is 3. The zero-order chi connectivity index (χ0) is 23.5. The molecule has 4 aromatic rings. The zero-order valence-corrected chi connectivity index (χ0v) is 16.8. The van der Waals surface area contributed by atoms with E-state index in [9.17, 15) is 14.4 Å². The molecule has 0 saturated heterocycles. The van der Waals surface area contributed by atoms with E-state index in [0.717, 1.165) is 0 Å². The van der Waals surface area contributed by atoms with Crippen LogP contribution in [0.15, 0.2) is 73.2 Å². The molecule has 3 N–H and O–H groups in total. The van der Waals surface area contributed by atoms with E-state index in [1.807, 2.05) is 0 Å². The van der Waals surface area contributed by atoms with Gasteiger partial charge in [-0.2, -0.15) is 0 Å². The summed E-state index contributed by atoms with van der Waals surface area (Å²) < 4.78 is 0. The van der Waals surface area contributed by atoms with Crippen LogP contribution < -0.4 is 0 Å². The molecule has 0 unspecified atom stereocenters. The summed E-state index contributed by atoms with van der Waals surface area (Å²) in [6.07, 6.45) is 3.76. The number of aromatic carboxylic acids is 3. The van der Waals surface area contributed by atoms with Crippen LogP contribution >= 0.6 is 0 Å². The van der Waals surface area contributed by atoms with E-state index in [4.69, 9.17) is 15.3 Å². The van der Waals surface area contributed by atoms with Crippen LogP contribution in [0.1, 0.15) is 31.1 Å². The second kappa shape index (κ2) is 8.67. The topological polar surface area (TPSA) is 151 Å². The van der Waals surface area contributed by atoms with Gasteiger partial charge in [-0.3, -0.25) is 15.0 Å². The molecule has 0 fully saturated rings. The quantitative estimate of drug-likeness (QED) is 0.404. The Kier molecular flexibility index (Phi) is 5.60. The predicted octanol–water partition coefficient (Wildman–Crippen LogP) is 3.97. The van der Waals surface area contributed by atoms with E-state index in [-0.39, 0.29) is 16.7 Å². The molecule has 33 heavy (non-hydrogen) atoms. The number of nitrogens with zero attached hydrogens (tertiary/aromatic N) is 3. The molecule has 0 saturated carbocycles. The fourth-order valence-electron chi connectivity index (χ4n) is 3.14. The van der Waals surface area contributed by atoms with Crippen LogP contribution in [0.2, 0.25) is 0 Å². The summed E-state index contributed by atoms with van der Waals surface area (Å²) >= 11 is 0. The third-order valence-corrected chi connectivity index (χ3v) is 4.85. The fraction of sp³-hybridized carbons (Fsp3) is 0. The molecular formula is C24H15N3O6. The van der Waals surface area contributed by atoms with E-state index in [1.54, 1.807) is 36.4 Å². The maximum absolute atomic E-state index is 11.1. The summed E-state index contributed by atoms with van der Waals surface area (Å²) in [7, 11) is 0. The molecule has 0 aliphatic rings. The number of rotatable bonds is 6. The molecule has 0 aliphatic heterocycles. The van der Waals surface area contributed by atoms with Gasteiger partial charge in [0, 0.05) is 35.3 Å². The fourth-order valence-corrected chi connectivity index (χ4v) is 3.14. The van der Waals surface area contributed by atoms with Crippen molar-refractivity contribution in [2.24, 2.45) is 0 Å². The lowest BCUT2D eigenvalue weighted by molar-refractivity contribution is 0.0685. The Balaban J connectivity index is 1.84. The first-order chi connectivity index (χ1) is 15.8. The van der Waals surface area contributed by atoms with Crippen molar-refractivity contribution in [2.45, 2.75) is 0 Å². The smallest absolute Gasteiger partial charge is 0.337 e. The molecule has 9 heteroatoms. The number of benzene rings is 1. The molecule has 3 heterocycles. The van der Waals surface area contributed by atoms with Gasteiger partial charge in [0.25, 0.3) is 0 Å². The summed E-state index contributed by atoms with van der Waals surface area (Å²) in [5, 5.41) is 27.3. The largest absolute Gasteiger partial charge is 0.478 e. The Hall–Kier alpha value is -4.92. The summed E-state index contributed by atoms with van der Waals surface area (Å²) in [5.74, 6) is -3.27. The highest BCUT2D eigenvalue weighted by Gasteiger charge is 2.12. The van der Waals surface area contributed by atoms with E-state index in [1.165, 1.54) is 36.8 Å². The average Bonchev–Trinajstić information content (AvgIpc) is 2.84. The third-order valence-electron chi connectivity index (χ3n) is 4.85. The molecule has 0 atom stereocenters. The van der Waals surface area contributed by atoms with Gasteiger partial charge in [-0.25, -0.2) is 14.4 Å². The molecule has 0 aliphatic carbocycles. The van der Waals surface area contributed by atoms with E-state index in [0.29, 0.717) is 33.8 Å². The summed E-state index contributed by atoms with van der Waals surface area (Å²) in [6, 6.07) is 14.4. The van der Waals surface area contributed by atoms with Crippen LogP contribution in [0.5, 0.6) is 0 Å². The molecule has 9 nitrogen and oxygen atoms in total. The van der Waals surface area contributed by atoms with Gasteiger partial charge < -0.3 is 15.3 Å². The van der Waals surface area contributed by atoms with Crippen molar-refractivity contribution >= 4 is 17.9 Å². The number of hydrogen-bond donors (Lipinski definition) is 3. The molecule has 0 spiro atoms. The molecular weight excluding hydrogens is 426 g/mol. The minimum absolute atomic E-state index is 0.0481. The predicted molar refractivity (Wildman–Crippen MR) is 117 cm³/mol. The summed E-state index contributed by atoms with van der Waals surface area (Å²) in [4.78, 5) is 46.1. The van der Waals surface area contributed by atoms with Crippen LogP contribution in [0.3, 0.4) is 0 Å². The van der Waals surface area contributed by atoms with Gasteiger partial charge in [-0.05, 0) is 54.6 Å². The van der Waals surface area contributed by atoms with E-state index >= 15 is 0 Å². The lowest BCUT2D eigenvalue weighted by atomic mass is 9.98. The lowest BCUT2D eigenvalue weighted by Gasteiger charge is -2.10. The van der Waals surface area contributed by atoms with Gasteiger partial charge in [-0.15, -0.1) is 0 Å². The van der Waals surface area contributed by atoms with Crippen molar-refractivity contribution in [1.29, 1.82) is 0 Å². The highest BCUT2D eigenvalue weighted by molar-refractivity contribution is 5.89. The standard InChI is InChI=1S/C24H15N3O6/c28-22(29)13-1-4-19(25-10-13)16-7-17(20-5-2-14(11-26-20)23(30)31)9-18(8-16)21-6-3-15(12-27-21)24(32)33/h1-12H,(H,28,29)(H,30,31)(H,32,33).